The number of hydrogen-bond acceptors (Lipinski definition) is 6. The van der Waals surface area contributed by atoms with E-state index in [9.17, 15) is 14.4 Å². The van der Waals surface area contributed by atoms with Gasteiger partial charge in [0.1, 0.15) is 11.4 Å². The van der Waals surface area contributed by atoms with Crippen LogP contribution in [0.3, 0.4) is 0 Å². The fraction of sp³-hybridized carbons (Fsp3) is 0.438. The van der Waals surface area contributed by atoms with Crippen LogP contribution in [-0.2, 0) is 11.3 Å². The molecule has 9 nitrogen and oxygen atoms in total. The zero-order valence-electron chi connectivity index (χ0n) is 24.0. The Kier molecular flexibility index (Phi) is 8.16. The van der Waals surface area contributed by atoms with Gasteiger partial charge < -0.3 is 24.8 Å². The topological polar surface area (TPSA) is 106 Å². The smallest absolute Gasteiger partial charge is 0.263 e. The number of carbonyl (C=O) groups is 2. The normalized spacial score (nSPS) is 16.8. The van der Waals surface area contributed by atoms with Crippen molar-refractivity contribution in [2.24, 2.45) is 5.92 Å². The summed E-state index contributed by atoms with van der Waals surface area (Å²) in [6, 6.07) is 10.9. The Morgan fingerprint density at radius 2 is 1.86 bits per heavy atom. The molecular formula is C32H36ClN5O4. The van der Waals surface area contributed by atoms with Crippen molar-refractivity contribution in [2.45, 2.75) is 51.1 Å². The third-order valence-corrected chi connectivity index (χ3v) is 8.29. The Bertz CT molecular complexity index is 1570. The van der Waals surface area contributed by atoms with E-state index in [4.69, 9.17) is 21.3 Å². The van der Waals surface area contributed by atoms with E-state index in [2.05, 4.69) is 17.6 Å². The average molecular weight is 590 g/mol. The van der Waals surface area contributed by atoms with Gasteiger partial charge in [0.05, 0.1) is 6.61 Å². The SMILES string of the molecule is COCCNCc1cc(C(=O)Nc2cc(-c3ccc(Cl)cc3C(=O)N3CC(C)C3)cc(C3CC3)n2)c(=O)n(C2CC2)c1. The second kappa shape index (κ2) is 12.0. The number of methoxy groups -OCH3 is 1. The van der Waals surface area contributed by atoms with Gasteiger partial charge in [0, 0.05) is 67.7 Å². The van der Waals surface area contributed by atoms with E-state index < -0.39 is 5.91 Å². The first-order valence-electron chi connectivity index (χ1n) is 14.7. The predicted molar refractivity (Wildman–Crippen MR) is 162 cm³/mol. The highest BCUT2D eigenvalue weighted by atomic mass is 35.5. The number of rotatable bonds is 11. The molecule has 3 fully saturated rings. The van der Waals surface area contributed by atoms with Crippen LogP contribution in [0.15, 0.2) is 47.4 Å². The van der Waals surface area contributed by atoms with Crippen molar-refractivity contribution in [3.05, 3.63) is 80.4 Å². The molecule has 0 atom stereocenters. The lowest BCUT2D eigenvalue weighted by Gasteiger charge is -2.37. The fourth-order valence-electron chi connectivity index (χ4n) is 5.47. The van der Waals surface area contributed by atoms with Gasteiger partial charge in [-0.2, -0.15) is 0 Å². The standard InChI is InChI=1S/C32H36ClN5O4/c1-19-16-37(17-19)31(40)26-14-23(33)5-8-25(26)22-12-28(21-3-4-21)35-29(13-22)36-30(39)27-11-20(15-34-9-10-42-2)18-38(32(27)41)24-6-7-24/h5,8,11-14,18-19,21,24,34H,3-4,6-7,9-10,15-17H2,1-2H3,(H,35,36,39). The lowest BCUT2D eigenvalue weighted by molar-refractivity contribution is 0.0531. The van der Waals surface area contributed by atoms with Crippen LogP contribution in [0.4, 0.5) is 5.82 Å². The maximum atomic E-state index is 13.6. The van der Waals surface area contributed by atoms with Crippen LogP contribution in [0.25, 0.3) is 11.1 Å². The van der Waals surface area contributed by atoms with E-state index in [0.717, 1.165) is 61.2 Å². The van der Waals surface area contributed by atoms with E-state index in [-0.39, 0.29) is 23.1 Å². The number of amides is 2. The van der Waals surface area contributed by atoms with Crippen LogP contribution < -0.4 is 16.2 Å². The summed E-state index contributed by atoms with van der Waals surface area (Å²) in [5, 5.41) is 6.69. The summed E-state index contributed by atoms with van der Waals surface area (Å²) in [6.07, 6.45) is 5.74. The van der Waals surface area contributed by atoms with E-state index in [1.807, 2.05) is 23.2 Å². The van der Waals surface area contributed by atoms with Gasteiger partial charge in [-0.15, -0.1) is 0 Å². The van der Waals surface area contributed by atoms with Crippen LogP contribution >= 0.6 is 11.6 Å². The number of likely N-dealkylation sites (tertiary alicyclic amines) is 1. The van der Waals surface area contributed by atoms with Crippen molar-refractivity contribution in [3.63, 3.8) is 0 Å². The zero-order chi connectivity index (χ0) is 29.4. The van der Waals surface area contributed by atoms with E-state index in [1.165, 1.54) is 0 Å². The fourth-order valence-corrected chi connectivity index (χ4v) is 5.65. The molecule has 1 aromatic carbocycles. The van der Waals surface area contributed by atoms with Gasteiger partial charge in [-0.3, -0.25) is 14.4 Å². The Morgan fingerprint density at radius 3 is 2.55 bits per heavy atom. The minimum atomic E-state index is -0.499. The largest absolute Gasteiger partial charge is 0.383 e. The van der Waals surface area contributed by atoms with Crippen molar-refractivity contribution in [1.29, 1.82) is 0 Å². The van der Waals surface area contributed by atoms with Crippen molar-refractivity contribution < 1.29 is 14.3 Å². The van der Waals surface area contributed by atoms with Gasteiger partial charge in [0.2, 0.25) is 0 Å². The number of benzene rings is 1. The number of hydrogen-bond donors (Lipinski definition) is 2. The first kappa shape index (κ1) is 28.6. The number of ether oxygens (including phenoxy) is 1. The van der Waals surface area contributed by atoms with Gasteiger partial charge in [0.15, 0.2) is 0 Å². The summed E-state index contributed by atoms with van der Waals surface area (Å²) in [5.74, 6) is 0.576. The van der Waals surface area contributed by atoms with Crippen LogP contribution in [-0.4, -0.2) is 59.6 Å². The maximum absolute atomic E-state index is 13.6. The summed E-state index contributed by atoms with van der Waals surface area (Å²) in [5.41, 5.74) is 3.55. The van der Waals surface area contributed by atoms with Gasteiger partial charge in [0.25, 0.3) is 17.4 Å². The Hall–Kier alpha value is -3.53. The zero-order valence-corrected chi connectivity index (χ0v) is 24.7. The monoisotopic (exact) mass is 589 g/mol. The van der Waals surface area contributed by atoms with Crippen LogP contribution in [0.1, 0.15) is 76.5 Å². The molecule has 1 saturated heterocycles. The van der Waals surface area contributed by atoms with Crippen molar-refractivity contribution >= 4 is 29.2 Å². The van der Waals surface area contributed by atoms with Gasteiger partial charge in [-0.1, -0.05) is 24.6 Å². The van der Waals surface area contributed by atoms with Crippen molar-refractivity contribution in [2.75, 3.05) is 38.7 Å². The van der Waals surface area contributed by atoms with Crippen LogP contribution in [0.5, 0.6) is 0 Å². The Labute approximate surface area is 250 Å². The minimum absolute atomic E-state index is 0.0579. The highest BCUT2D eigenvalue weighted by molar-refractivity contribution is 6.31. The molecule has 0 spiro atoms. The van der Waals surface area contributed by atoms with Crippen molar-refractivity contribution in [1.82, 2.24) is 19.8 Å². The number of anilines is 1. The number of halogens is 1. The van der Waals surface area contributed by atoms with Gasteiger partial charge in [-0.25, -0.2) is 4.98 Å². The number of nitrogens with one attached hydrogen (secondary N) is 2. The molecular weight excluding hydrogens is 554 g/mol. The Morgan fingerprint density at radius 1 is 1.07 bits per heavy atom. The molecule has 1 aliphatic heterocycles. The van der Waals surface area contributed by atoms with Crippen LogP contribution in [0.2, 0.25) is 5.02 Å². The molecule has 2 amide bonds. The molecule has 220 valence electrons. The second-order valence-corrected chi connectivity index (χ2v) is 12.2. The molecule has 42 heavy (non-hydrogen) atoms. The molecule has 0 radical (unpaired) electrons. The quantitative estimate of drug-likeness (QED) is 0.310. The van der Waals surface area contributed by atoms with Gasteiger partial charge in [-0.05, 0) is 78.6 Å². The molecule has 10 heteroatoms. The molecule has 3 heterocycles. The van der Waals surface area contributed by atoms with Crippen LogP contribution in [0, 0.1) is 5.92 Å². The first-order valence-corrected chi connectivity index (χ1v) is 15.1. The van der Waals surface area contributed by atoms with Crippen molar-refractivity contribution in [3.8, 4) is 11.1 Å². The van der Waals surface area contributed by atoms with E-state index in [1.54, 1.807) is 35.9 Å². The maximum Gasteiger partial charge on any atom is 0.263 e. The lowest BCUT2D eigenvalue weighted by atomic mass is 9.95. The van der Waals surface area contributed by atoms with Gasteiger partial charge >= 0.3 is 0 Å². The first-order chi connectivity index (χ1) is 20.3. The highest BCUT2D eigenvalue weighted by Crippen LogP contribution is 2.41. The summed E-state index contributed by atoms with van der Waals surface area (Å²) in [4.78, 5) is 46.9. The third kappa shape index (κ3) is 6.28. The minimum Gasteiger partial charge on any atom is -0.383 e. The molecule has 6 rings (SSSR count). The molecule has 3 aromatic rings. The number of nitrogens with zero attached hydrogens (tertiary/aromatic N) is 3. The molecule has 0 unspecified atom stereocenters. The molecule has 2 N–H and O–H groups in total. The number of carbonyl (C=O) groups excluding carboxylic acids is 2. The molecule has 0 bridgehead atoms. The average Bonchev–Trinajstić information content (AvgIpc) is 3.87. The highest BCUT2D eigenvalue weighted by Gasteiger charge is 2.31. The third-order valence-electron chi connectivity index (χ3n) is 8.05. The molecule has 2 saturated carbocycles. The summed E-state index contributed by atoms with van der Waals surface area (Å²) in [6.45, 7) is 5.30. The van der Waals surface area contributed by atoms with E-state index in [0.29, 0.717) is 47.9 Å². The molecule has 3 aliphatic rings. The summed E-state index contributed by atoms with van der Waals surface area (Å²) < 4.78 is 6.79. The predicted octanol–water partition coefficient (Wildman–Crippen LogP) is 4.86. The molecule has 2 aliphatic carbocycles. The number of pyridine rings is 2. The summed E-state index contributed by atoms with van der Waals surface area (Å²) >= 11 is 6.33. The Balaban J connectivity index is 1.32. The summed E-state index contributed by atoms with van der Waals surface area (Å²) in [7, 11) is 1.65. The molecule has 2 aromatic heterocycles. The second-order valence-electron chi connectivity index (χ2n) is 11.8. The lowest BCUT2D eigenvalue weighted by Crippen LogP contribution is -2.48. The van der Waals surface area contributed by atoms with E-state index >= 15 is 0 Å². The number of aromatic nitrogens is 2.